The maximum absolute atomic E-state index is 12.4. The van der Waals surface area contributed by atoms with Gasteiger partial charge in [0.25, 0.3) is 5.91 Å². The van der Waals surface area contributed by atoms with Crippen molar-refractivity contribution in [3.63, 3.8) is 0 Å². The van der Waals surface area contributed by atoms with Crippen LogP contribution in [0.15, 0.2) is 54.6 Å². The molecule has 24 heavy (non-hydrogen) atoms. The average Bonchev–Trinajstić information content (AvgIpc) is 2.88. The molecule has 1 saturated heterocycles. The molecule has 0 bridgehead atoms. The minimum absolute atomic E-state index is 0.0276. The van der Waals surface area contributed by atoms with Crippen LogP contribution in [0.3, 0.4) is 0 Å². The lowest BCUT2D eigenvalue weighted by atomic mass is 10.3. The summed E-state index contributed by atoms with van der Waals surface area (Å²) < 4.78 is 5.56. The fraction of sp³-hybridized carbons (Fsp3) is 0.316. The number of amides is 1. The van der Waals surface area contributed by atoms with Crippen LogP contribution in [0.2, 0.25) is 5.02 Å². The van der Waals surface area contributed by atoms with Gasteiger partial charge in [-0.2, -0.15) is 0 Å². The molecule has 1 heterocycles. The predicted molar refractivity (Wildman–Crippen MR) is 96.8 cm³/mol. The third-order valence-corrected chi connectivity index (χ3v) is 4.40. The van der Waals surface area contributed by atoms with E-state index in [1.165, 1.54) is 5.69 Å². The highest BCUT2D eigenvalue weighted by atomic mass is 35.5. The Bertz CT molecular complexity index is 661. The van der Waals surface area contributed by atoms with Gasteiger partial charge in [-0.05, 0) is 42.8 Å². The van der Waals surface area contributed by atoms with Crippen LogP contribution in [0.1, 0.15) is 6.42 Å². The van der Waals surface area contributed by atoms with Gasteiger partial charge < -0.3 is 14.5 Å². The molecule has 0 saturated carbocycles. The Morgan fingerprint density at radius 1 is 0.958 bits per heavy atom. The summed E-state index contributed by atoms with van der Waals surface area (Å²) in [5.74, 6) is 0.688. The summed E-state index contributed by atoms with van der Waals surface area (Å²) in [6.45, 7) is 3.36. The summed E-state index contributed by atoms with van der Waals surface area (Å²) in [6.07, 6.45) is 0.960. The van der Waals surface area contributed by atoms with Gasteiger partial charge in [0, 0.05) is 36.9 Å². The van der Waals surface area contributed by atoms with Crippen LogP contribution in [0, 0.1) is 0 Å². The van der Waals surface area contributed by atoms with Crippen LogP contribution in [0.4, 0.5) is 5.69 Å². The first kappa shape index (κ1) is 16.7. The molecular weight excluding hydrogens is 324 g/mol. The first-order valence-corrected chi connectivity index (χ1v) is 8.56. The van der Waals surface area contributed by atoms with Crippen LogP contribution in [0.25, 0.3) is 0 Å². The summed E-state index contributed by atoms with van der Waals surface area (Å²) in [5, 5.41) is 0.655. The fourth-order valence-electron chi connectivity index (χ4n) is 2.83. The molecule has 126 valence electrons. The molecule has 0 N–H and O–H groups in total. The highest BCUT2D eigenvalue weighted by molar-refractivity contribution is 6.30. The van der Waals surface area contributed by atoms with Crippen molar-refractivity contribution < 1.29 is 9.53 Å². The number of ether oxygens (including phenoxy) is 1. The van der Waals surface area contributed by atoms with Crippen molar-refractivity contribution in [3.8, 4) is 5.75 Å². The van der Waals surface area contributed by atoms with Crippen LogP contribution in [0.5, 0.6) is 5.75 Å². The number of rotatable bonds is 4. The molecule has 1 fully saturated rings. The van der Waals surface area contributed by atoms with Gasteiger partial charge in [0.2, 0.25) is 0 Å². The zero-order valence-electron chi connectivity index (χ0n) is 13.5. The Morgan fingerprint density at radius 2 is 1.71 bits per heavy atom. The van der Waals surface area contributed by atoms with E-state index >= 15 is 0 Å². The smallest absolute Gasteiger partial charge is 0.260 e. The van der Waals surface area contributed by atoms with E-state index in [2.05, 4.69) is 17.0 Å². The number of halogens is 1. The van der Waals surface area contributed by atoms with Crippen molar-refractivity contribution >= 4 is 23.2 Å². The topological polar surface area (TPSA) is 32.8 Å². The summed E-state index contributed by atoms with van der Waals surface area (Å²) >= 11 is 5.84. The fourth-order valence-corrected chi connectivity index (χ4v) is 2.96. The van der Waals surface area contributed by atoms with Crippen molar-refractivity contribution in [1.82, 2.24) is 4.90 Å². The van der Waals surface area contributed by atoms with Crippen molar-refractivity contribution in [2.45, 2.75) is 6.42 Å². The van der Waals surface area contributed by atoms with Gasteiger partial charge in [-0.25, -0.2) is 0 Å². The highest BCUT2D eigenvalue weighted by Crippen LogP contribution is 2.17. The molecule has 0 atom stereocenters. The number of hydrogen-bond donors (Lipinski definition) is 0. The van der Waals surface area contributed by atoms with Crippen LogP contribution in [-0.2, 0) is 4.79 Å². The standard InChI is InChI=1S/C19H21ClN2O2/c20-16-7-9-18(10-8-16)24-15-19(23)22-12-4-11-21(13-14-22)17-5-2-1-3-6-17/h1-3,5-10H,4,11-15H2. The molecule has 0 unspecified atom stereocenters. The minimum atomic E-state index is 0.0276. The largest absolute Gasteiger partial charge is 0.484 e. The molecular formula is C19H21ClN2O2. The Kier molecular flexibility index (Phi) is 5.59. The number of benzene rings is 2. The third-order valence-electron chi connectivity index (χ3n) is 4.15. The van der Waals surface area contributed by atoms with E-state index in [1.807, 2.05) is 23.1 Å². The van der Waals surface area contributed by atoms with Crippen molar-refractivity contribution in [2.24, 2.45) is 0 Å². The molecule has 1 amide bonds. The molecule has 0 aromatic heterocycles. The van der Waals surface area contributed by atoms with E-state index in [1.54, 1.807) is 24.3 Å². The maximum atomic E-state index is 12.4. The second-order valence-corrected chi connectivity index (χ2v) is 6.24. The van der Waals surface area contributed by atoms with Crippen LogP contribution in [-0.4, -0.2) is 43.6 Å². The molecule has 3 rings (SSSR count). The van der Waals surface area contributed by atoms with E-state index in [4.69, 9.17) is 16.3 Å². The monoisotopic (exact) mass is 344 g/mol. The quantitative estimate of drug-likeness (QED) is 0.851. The van der Waals surface area contributed by atoms with E-state index < -0.39 is 0 Å². The number of hydrogen-bond acceptors (Lipinski definition) is 3. The number of anilines is 1. The van der Waals surface area contributed by atoms with E-state index in [-0.39, 0.29) is 12.5 Å². The average molecular weight is 345 g/mol. The molecule has 4 nitrogen and oxygen atoms in total. The number of carbonyl (C=O) groups excluding carboxylic acids is 1. The molecule has 2 aromatic rings. The molecule has 5 heteroatoms. The van der Waals surface area contributed by atoms with Gasteiger partial charge in [0.15, 0.2) is 6.61 Å². The van der Waals surface area contributed by atoms with Crippen molar-refractivity contribution in [2.75, 3.05) is 37.7 Å². The normalized spacial score (nSPS) is 15.0. The lowest BCUT2D eigenvalue weighted by Gasteiger charge is -2.23. The second-order valence-electron chi connectivity index (χ2n) is 5.80. The molecule has 0 aliphatic carbocycles. The van der Waals surface area contributed by atoms with E-state index in [0.717, 1.165) is 32.6 Å². The van der Waals surface area contributed by atoms with Gasteiger partial charge in [0.1, 0.15) is 5.75 Å². The predicted octanol–water partition coefficient (Wildman–Crippen LogP) is 3.46. The molecule has 1 aliphatic rings. The summed E-state index contributed by atoms with van der Waals surface area (Å²) in [4.78, 5) is 16.6. The zero-order valence-corrected chi connectivity index (χ0v) is 14.3. The van der Waals surface area contributed by atoms with Gasteiger partial charge in [-0.3, -0.25) is 4.79 Å². The molecule has 2 aromatic carbocycles. The van der Waals surface area contributed by atoms with Crippen molar-refractivity contribution in [3.05, 3.63) is 59.6 Å². The Labute approximate surface area is 147 Å². The van der Waals surface area contributed by atoms with Gasteiger partial charge >= 0.3 is 0 Å². The second kappa shape index (κ2) is 8.06. The Hall–Kier alpha value is -2.20. The lowest BCUT2D eigenvalue weighted by molar-refractivity contribution is -0.133. The summed E-state index contributed by atoms with van der Waals surface area (Å²) in [7, 11) is 0. The third kappa shape index (κ3) is 4.42. The zero-order chi connectivity index (χ0) is 16.8. The lowest BCUT2D eigenvalue weighted by Crippen LogP contribution is -2.38. The van der Waals surface area contributed by atoms with Crippen molar-refractivity contribution in [1.29, 1.82) is 0 Å². The number of nitrogens with zero attached hydrogens (tertiary/aromatic N) is 2. The first-order chi connectivity index (χ1) is 11.7. The van der Waals surface area contributed by atoms with Gasteiger partial charge in [-0.1, -0.05) is 29.8 Å². The molecule has 1 aliphatic heterocycles. The summed E-state index contributed by atoms with van der Waals surface area (Å²) in [6, 6.07) is 17.4. The van der Waals surface area contributed by atoms with E-state index in [9.17, 15) is 4.79 Å². The highest BCUT2D eigenvalue weighted by Gasteiger charge is 2.19. The van der Waals surface area contributed by atoms with Crippen LogP contribution >= 0.6 is 11.6 Å². The molecule has 0 spiro atoms. The number of carbonyl (C=O) groups is 1. The van der Waals surface area contributed by atoms with Gasteiger partial charge in [0.05, 0.1) is 0 Å². The first-order valence-electron chi connectivity index (χ1n) is 8.18. The SMILES string of the molecule is O=C(COc1ccc(Cl)cc1)N1CCCN(c2ccccc2)CC1. The Balaban J connectivity index is 1.52. The summed E-state index contributed by atoms with van der Waals surface area (Å²) in [5.41, 5.74) is 1.21. The van der Waals surface area contributed by atoms with Crippen LogP contribution < -0.4 is 9.64 Å². The van der Waals surface area contributed by atoms with E-state index in [0.29, 0.717) is 10.8 Å². The maximum Gasteiger partial charge on any atom is 0.260 e. The minimum Gasteiger partial charge on any atom is -0.484 e. The van der Waals surface area contributed by atoms with Gasteiger partial charge in [-0.15, -0.1) is 0 Å². The Morgan fingerprint density at radius 3 is 2.46 bits per heavy atom. The number of para-hydroxylation sites is 1. The molecule has 0 radical (unpaired) electrons.